The number of hydrogen-bond donors (Lipinski definition) is 1. The molecular weight excluding hydrogens is 272 g/mol. The molecule has 1 aromatic heterocycles. The molecule has 1 heterocycles. The van der Waals surface area contributed by atoms with Crippen molar-refractivity contribution < 1.29 is 14.7 Å². The van der Waals surface area contributed by atoms with Gasteiger partial charge in [0, 0.05) is 25.5 Å². The predicted molar refractivity (Wildman–Crippen MR) is 78.7 cm³/mol. The van der Waals surface area contributed by atoms with E-state index in [1.807, 2.05) is 19.0 Å². The van der Waals surface area contributed by atoms with Crippen molar-refractivity contribution >= 4 is 22.9 Å². The van der Waals surface area contributed by atoms with E-state index in [9.17, 15) is 14.7 Å². The molecule has 0 aliphatic rings. The molecule has 1 aromatic carbocycles. The summed E-state index contributed by atoms with van der Waals surface area (Å²) in [5, 5.41) is 13.6. The summed E-state index contributed by atoms with van der Waals surface area (Å²) in [7, 11) is 5.51. The van der Waals surface area contributed by atoms with Crippen LogP contribution in [0.3, 0.4) is 0 Å². The zero-order valence-electron chi connectivity index (χ0n) is 12.3. The van der Waals surface area contributed by atoms with Gasteiger partial charge in [0.25, 0.3) is 0 Å². The van der Waals surface area contributed by atoms with Gasteiger partial charge < -0.3 is 14.9 Å². The molecule has 1 amide bonds. The Kier molecular flexibility index (Phi) is 4.23. The van der Waals surface area contributed by atoms with E-state index in [2.05, 4.69) is 5.10 Å². The monoisotopic (exact) mass is 290 g/mol. The number of carboxylic acid groups (broad SMARTS) is 1. The Morgan fingerprint density at radius 3 is 2.48 bits per heavy atom. The van der Waals surface area contributed by atoms with Crippen molar-refractivity contribution in [3.63, 3.8) is 0 Å². The average molecular weight is 290 g/mol. The highest BCUT2D eigenvalue weighted by atomic mass is 16.4. The fourth-order valence-corrected chi connectivity index (χ4v) is 1.98. The lowest BCUT2D eigenvalue weighted by Gasteiger charge is -2.19. The van der Waals surface area contributed by atoms with Crippen molar-refractivity contribution in [2.24, 2.45) is 0 Å². The maximum absolute atomic E-state index is 12.4. The Bertz CT molecular complexity index is 678. The number of carbonyl (C=O) groups excluding carboxylic acids is 1. The summed E-state index contributed by atoms with van der Waals surface area (Å²) in [5.74, 6) is -1.14. The van der Waals surface area contributed by atoms with E-state index in [4.69, 9.17) is 0 Å². The van der Waals surface area contributed by atoms with Crippen LogP contribution < -0.4 is 0 Å². The van der Waals surface area contributed by atoms with Crippen LogP contribution in [0, 0.1) is 0 Å². The number of aromatic carboxylic acids is 1. The average Bonchev–Trinajstić information content (AvgIpc) is 2.83. The Hall–Kier alpha value is -2.41. The lowest BCUT2D eigenvalue weighted by atomic mass is 10.2. The van der Waals surface area contributed by atoms with Crippen LogP contribution in [-0.2, 0) is 0 Å². The molecule has 0 fully saturated rings. The molecule has 112 valence electrons. The van der Waals surface area contributed by atoms with E-state index in [-0.39, 0.29) is 11.7 Å². The second kappa shape index (κ2) is 5.92. The molecule has 7 nitrogen and oxygen atoms in total. The van der Waals surface area contributed by atoms with E-state index in [1.165, 1.54) is 4.90 Å². The van der Waals surface area contributed by atoms with Gasteiger partial charge in [0.05, 0.1) is 5.52 Å². The van der Waals surface area contributed by atoms with Gasteiger partial charge in [-0.05, 0) is 20.2 Å². The van der Waals surface area contributed by atoms with E-state index in [0.717, 1.165) is 4.68 Å². The Morgan fingerprint density at radius 2 is 1.86 bits per heavy atom. The molecule has 2 rings (SSSR count). The lowest BCUT2D eigenvalue weighted by Crippen LogP contribution is -2.36. The van der Waals surface area contributed by atoms with Gasteiger partial charge in [0.15, 0.2) is 5.69 Å². The van der Waals surface area contributed by atoms with Crippen LogP contribution in [0.25, 0.3) is 10.9 Å². The third-order valence-corrected chi connectivity index (χ3v) is 3.18. The van der Waals surface area contributed by atoms with Gasteiger partial charge in [0.2, 0.25) is 0 Å². The summed E-state index contributed by atoms with van der Waals surface area (Å²) in [6, 6.07) is 6.46. The summed E-state index contributed by atoms with van der Waals surface area (Å²) in [4.78, 5) is 27.1. The van der Waals surface area contributed by atoms with Gasteiger partial charge in [-0.1, -0.05) is 18.2 Å². The van der Waals surface area contributed by atoms with E-state index >= 15 is 0 Å². The van der Waals surface area contributed by atoms with Crippen LogP contribution in [0.5, 0.6) is 0 Å². The van der Waals surface area contributed by atoms with E-state index < -0.39 is 5.97 Å². The highest BCUT2D eigenvalue weighted by molar-refractivity contribution is 6.03. The minimum Gasteiger partial charge on any atom is -0.476 e. The molecular formula is C14H18N4O3. The fraction of sp³-hybridized carbons (Fsp3) is 0.357. The molecule has 2 aromatic rings. The normalized spacial score (nSPS) is 11.0. The van der Waals surface area contributed by atoms with E-state index in [1.54, 1.807) is 31.3 Å². The smallest absolute Gasteiger partial charge is 0.357 e. The summed E-state index contributed by atoms with van der Waals surface area (Å²) in [6.45, 7) is 1.25. The minimum absolute atomic E-state index is 0.111. The molecule has 0 aliphatic heterocycles. The standard InChI is InChI=1S/C14H18N4O3/c1-16(2)8-9-17(3)14(21)18-11-7-5-4-6-10(11)12(15-18)13(19)20/h4-7H,8-9H2,1-3H3,(H,19,20). The van der Waals surface area contributed by atoms with Gasteiger partial charge >= 0.3 is 12.0 Å². The number of carboxylic acids is 1. The summed E-state index contributed by atoms with van der Waals surface area (Å²) in [5.41, 5.74) is 0.386. The SMILES string of the molecule is CN(C)CCN(C)C(=O)n1nc(C(=O)O)c2ccccc21. The number of aromatic nitrogens is 2. The molecule has 0 saturated heterocycles. The van der Waals surface area contributed by atoms with Crippen LogP contribution in [0.4, 0.5) is 4.79 Å². The zero-order valence-corrected chi connectivity index (χ0v) is 12.3. The van der Waals surface area contributed by atoms with Crippen LogP contribution >= 0.6 is 0 Å². The number of hydrogen-bond acceptors (Lipinski definition) is 4. The molecule has 7 heteroatoms. The van der Waals surface area contributed by atoms with Gasteiger partial charge in [-0.15, -0.1) is 0 Å². The van der Waals surface area contributed by atoms with E-state index in [0.29, 0.717) is 24.0 Å². The van der Waals surface area contributed by atoms with Gasteiger partial charge in [-0.25, -0.2) is 9.59 Å². The molecule has 0 aliphatic carbocycles. The second-order valence-electron chi connectivity index (χ2n) is 5.09. The first-order chi connectivity index (χ1) is 9.91. The quantitative estimate of drug-likeness (QED) is 0.915. The van der Waals surface area contributed by atoms with Crippen molar-refractivity contribution in [2.75, 3.05) is 34.2 Å². The van der Waals surface area contributed by atoms with Crippen molar-refractivity contribution in [1.82, 2.24) is 19.6 Å². The zero-order chi connectivity index (χ0) is 15.6. The minimum atomic E-state index is -1.14. The van der Waals surface area contributed by atoms with Gasteiger partial charge in [-0.3, -0.25) is 0 Å². The number of fused-ring (bicyclic) bond motifs is 1. The highest BCUT2D eigenvalue weighted by Gasteiger charge is 2.21. The maximum atomic E-state index is 12.4. The van der Waals surface area contributed by atoms with Gasteiger partial charge in [0.1, 0.15) is 0 Å². The van der Waals surface area contributed by atoms with Crippen molar-refractivity contribution in [3.8, 4) is 0 Å². The summed E-state index contributed by atoms with van der Waals surface area (Å²) in [6.07, 6.45) is 0. The maximum Gasteiger partial charge on any atom is 0.357 e. The topological polar surface area (TPSA) is 78.7 Å². The Morgan fingerprint density at radius 1 is 1.19 bits per heavy atom. The molecule has 0 unspecified atom stereocenters. The molecule has 0 spiro atoms. The third kappa shape index (κ3) is 3.03. The second-order valence-corrected chi connectivity index (χ2v) is 5.09. The summed E-state index contributed by atoms with van der Waals surface area (Å²) < 4.78 is 1.15. The first kappa shape index (κ1) is 15.0. The largest absolute Gasteiger partial charge is 0.476 e. The third-order valence-electron chi connectivity index (χ3n) is 3.18. The first-order valence-electron chi connectivity index (χ1n) is 6.53. The number of benzene rings is 1. The molecule has 1 N–H and O–H groups in total. The van der Waals surface area contributed by atoms with Crippen LogP contribution in [0.2, 0.25) is 0 Å². The molecule has 0 bridgehead atoms. The van der Waals surface area contributed by atoms with Crippen molar-refractivity contribution in [1.29, 1.82) is 0 Å². The number of nitrogens with zero attached hydrogens (tertiary/aromatic N) is 4. The Labute approximate surface area is 122 Å². The van der Waals surface area contributed by atoms with Crippen LogP contribution in [0.1, 0.15) is 10.5 Å². The van der Waals surface area contributed by atoms with Crippen molar-refractivity contribution in [3.05, 3.63) is 30.0 Å². The molecule has 21 heavy (non-hydrogen) atoms. The number of likely N-dealkylation sites (N-methyl/N-ethyl adjacent to an activating group) is 2. The molecule has 0 atom stereocenters. The van der Waals surface area contributed by atoms with Crippen molar-refractivity contribution in [2.45, 2.75) is 0 Å². The highest BCUT2D eigenvalue weighted by Crippen LogP contribution is 2.18. The number of carbonyl (C=O) groups is 2. The Balaban J connectivity index is 2.37. The summed E-state index contributed by atoms with van der Waals surface area (Å²) >= 11 is 0. The number of amides is 1. The van der Waals surface area contributed by atoms with Crippen LogP contribution in [0.15, 0.2) is 24.3 Å². The lowest BCUT2D eigenvalue weighted by molar-refractivity contribution is 0.0692. The van der Waals surface area contributed by atoms with Gasteiger partial charge in [-0.2, -0.15) is 9.78 Å². The molecule has 0 saturated carbocycles. The van der Waals surface area contributed by atoms with Crippen LogP contribution in [-0.4, -0.2) is 70.9 Å². The molecule has 0 radical (unpaired) electrons. The first-order valence-corrected chi connectivity index (χ1v) is 6.53. The fourth-order valence-electron chi connectivity index (χ4n) is 1.98. The number of rotatable bonds is 4. The predicted octanol–water partition coefficient (Wildman–Crippen LogP) is 1.20. The number of para-hydroxylation sites is 1.